The van der Waals surface area contributed by atoms with Gasteiger partial charge in [0.05, 0.1) is 10.9 Å². The Morgan fingerprint density at radius 2 is 1.78 bits per heavy atom. The molecule has 2 heterocycles. The van der Waals surface area contributed by atoms with Gasteiger partial charge in [-0.3, -0.25) is 9.59 Å². The SMILES string of the molecule is CC(=O)Oc1c(C(=O)C(C)C)c2c(c3oc(=O)cc(-c4ccccc4)c13)C=CC(C)(C)O2. The van der Waals surface area contributed by atoms with E-state index in [0.717, 1.165) is 5.56 Å². The van der Waals surface area contributed by atoms with Gasteiger partial charge in [-0.15, -0.1) is 0 Å². The smallest absolute Gasteiger partial charge is 0.336 e. The fourth-order valence-electron chi connectivity index (χ4n) is 3.82. The van der Waals surface area contributed by atoms with Gasteiger partial charge in [-0.25, -0.2) is 4.79 Å². The van der Waals surface area contributed by atoms with Crippen molar-refractivity contribution in [1.82, 2.24) is 0 Å². The van der Waals surface area contributed by atoms with Crippen molar-refractivity contribution in [3.63, 3.8) is 0 Å². The van der Waals surface area contributed by atoms with Crippen molar-refractivity contribution >= 4 is 28.8 Å². The zero-order chi connectivity index (χ0) is 23.2. The summed E-state index contributed by atoms with van der Waals surface area (Å²) >= 11 is 0. The maximum atomic E-state index is 13.4. The second-order valence-electron chi connectivity index (χ2n) is 8.65. The van der Waals surface area contributed by atoms with Crippen molar-refractivity contribution < 1.29 is 23.5 Å². The number of ether oxygens (including phenoxy) is 2. The van der Waals surface area contributed by atoms with E-state index in [1.54, 1.807) is 19.9 Å². The van der Waals surface area contributed by atoms with Gasteiger partial charge in [-0.05, 0) is 31.6 Å². The van der Waals surface area contributed by atoms with E-state index in [1.165, 1.54) is 13.0 Å². The van der Waals surface area contributed by atoms with Crippen LogP contribution in [0.2, 0.25) is 0 Å². The van der Waals surface area contributed by atoms with Crippen molar-refractivity contribution in [2.24, 2.45) is 5.92 Å². The lowest BCUT2D eigenvalue weighted by molar-refractivity contribution is -0.131. The lowest BCUT2D eigenvalue weighted by atomic mass is 9.89. The topological polar surface area (TPSA) is 82.8 Å². The lowest BCUT2D eigenvalue weighted by Crippen LogP contribution is -2.29. The van der Waals surface area contributed by atoms with E-state index in [-0.39, 0.29) is 34.3 Å². The predicted molar refractivity (Wildman–Crippen MR) is 122 cm³/mol. The molecule has 0 saturated heterocycles. The van der Waals surface area contributed by atoms with Crippen LogP contribution in [-0.4, -0.2) is 17.4 Å². The van der Waals surface area contributed by atoms with Crippen LogP contribution in [0.25, 0.3) is 28.2 Å². The monoisotopic (exact) mass is 432 g/mol. The summed E-state index contributed by atoms with van der Waals surface area (Å²) in [5.74, 6) is -0.943. The zero-order valence-electron chi connectivity index (χ0n) is 18.6. The van der Waals surface area contributed by atoms with Crippen molar-refractivity contribution in [3.8, 4) is 22.6 Å². The Bertz CT molecular complexity index is 1330. The average Bonchev–Trinajstić information content (AvgIpc) is 2.72. The number of hydrogen-bond donors (Lipinski definition) is 0. The Labute approximate surface area is 185 Å². The van der Waals surface area contributed by atoms with Gasteiger partial charge >= 0.3 is 11.6 Å². The van der Waals surface area contributed by atoms with Crippen molar-refractivity contribution in [2.75, 3.05) is 0 Å². The molecule has 3 aromatic rings. The molecule has 0 atom stereocenters. The van der Waals surface area contributed by atoms with Crippen LogP contribution in [0.5, 0.6) is 11.5 Å². The highest BCUT2D eigenvalue weighted by molar-refractivity contribution is 6.14. The molecule has 0 radical (unpaired) electrons. The molecule has 0 unspecified atom stereocenters. The molecule has 0 N–H and O–H groups in total. The highest BCUT2D eigenvalue weighted by atomic mass is 16.5. The van der Waals surface area contributed by atoms with Crippen LogP contribution >= 0.6 is 0 Å². The van der Waals surface area contributed by atoms with Crippen LogP contribution in [0.15, 0.2) is 51.7 Å². The summed E-state index contributed by atoms with van der Waals surface area (Å²) in [4.78, 5) is 38.1. The van der Waals surface area contributed by atoms with E-state index >= 15 is 0 Å². The number of ketones is 1. The molecule has 0 fully saturated rings. The van der Waals surface area contributed by atoms with Gasteiger partial charge < -0.3 is 13.9 Å². The zero-order valence-corrected chi connectivity index (χ0v) is 18.6. The van der Waals surface area contributed by atoms with Crippen molar-refractivity contribution in [3.05, 3.63) is 64.0 Å². The third kappa shape index (κ3) is 3.73. The summed E-state index contributed by atoms with van der Waals surface area (Å²) < 4.78 is 17.4. The number of carbonyl (C=O) groups excluding carboxylic acids is 2. The van der Waals surface area contributed by atoms with Gasteiger partial charge in [0.15, 0.2) is 17.1 Å². The largest absolute Gasteiger partial charge is 0.482 e. The first-order valence-corrected chi connectivity index (χ1v) is 10.4. The van der Waals surface area contributed by atoms with Crippen LogP contribution in [-0.2, 0) is 4.79 Å². The van der Waals surface area contributed by atoms with E-state index < -0.39 is 17.2 Å². The highest BCUT2D eigenvalue weighted by Gasteiger charge is 2.35. The summed E-state index contributed by atoms with van der Waals surface area (Å²) in [5.41, 5.74) is 0.797. The molecule has 164 valence electrons. The number of rotatable bonds is 4. The molecule has 0 spiro atoms. The predicted octanol–water partition coefficient (Wildman–Crippen LogP) is 5.41. The van der Waals surface area contributed by atoms with Crippen LogP contribution in [0.4, 0.5) is 0 Å². The lowest BCUT2D eigenvalue weighted by Gasteiger charge is -2.31. The number of benzene rings is 2. The summed E-state index contributed by atoms with van der Waals surface area (Å²) in [6.45, 7) is 8.50. The van der Waals surface area contributed by atoms with Gasteiger partial charge in [-0.2, -0.15) is 0 Å². The second kappa shape index (κ2) is 7.79. The molecule has 6 heteroatoms. The molecule has 0 bridgehead atoms. The Balaban J connectivity index is 2.26. The first-order chi connectivity index (χ1) is 15.1. The number of Topliss-reactive ketones (excluding diaryl/α,β-unsaturated/α-hetero) is 1. The molecule has 4 rings (SSSR count). The molecule has 0 saturated carbocycles. The third-order valence-corrected chi connectivity index (χ3v) is 5.25. The molecule has 1 aromatic heterocycles. The quantitative estimate of drug-likeness (QED) is 0.237. The summed E-state index contributed by atoms with van der Waals surface area (Å²) in [5, 5.41) is 0.377. The Kier molecular flexibility index (Phi) is 5.25. The van der Waals surface area contributed by atoms with E-state index in [9.17, 15) is 14.4 Å². The Morgan fingerprint density at radius 3 is 2.41 bits per heavy atom. The van der Waals surface area contributed by atoms with Gasteiger partial charge in [0.25, 0.3) is 0 Å². The average molecular weight is 432 g/mol. The number of esters is 1. The van der Waals surface area contributed by atoms with Crippen LogP contribution in [0, 0.1) is 5.92 Å². The minimum absolute atomic E-state index is 0.0404. The first kappa shape index (κ1) is 21.6. The molecule has 1 aliphatic heterocycles. The fourth-order valence-corrected chi connectivity index (χ4v) is 3.82. The van der Waals surface area contributed by atoms with Crippen LogP contribution < -0.4 is 15.1 Å². The third-order valence-electron chi connectivity index (χ3n) is 5.25. The van der Waals surface area contributed by atoms with E-state index in [1.807, 2.05) is 50.3 Å². The number of hydrogen-bond acceptors (Lipinski definition) is 6. The summed E-state index contributed by atoms with van der Waals surface area (Å²) in [6, 6.07) is 10.6. The molecular formula is C26H24O6. The maximum absolute atomic E-state index is 13.4. The van der Waals surface area contributed by atoms with Gasteiger partial charge in [-0.1, -0.05) is 44.2 Å². The molecular weight excluding hydrogens is 408 g/mol. The number of fused-ring (bicyclic) bond motifs is 3. The normalized spacial score (nSPS) is 14.2. The summed E-state index contributed by atoms with van der Waals surface area (Å²) in [7, 11) is 0. The van der Waals surface area contributed by atoms with E-state index in [4.69, 9.17) is 13.9 Å². The molecule has 6 nitrogen and oxygen atoms in total. The van der Waals surface area contributed by atoms with Gasteiger partial charge in [0, 0.05) is 24.5 Å². The van der Waals surface area contributed by atoms with E-state index in [2.05, 4.69) is 0 Å². The fraction of sp³-hybridized carbons (Fsp3) is 0.269. The maximum Gasteiger partial charge on any atom is 0.336 e. The Hall–Kier alpha value is -3.67. The molecule has 2 aromatic carbocycles. The Morgan fingerprint density at radius 1 is 1.09 bits per heavy atom. The minimum Gasteiger partial charge on any atom is -0.482 e. The standard InChI is InChI=1S/C26H24O6/c1-14(2)22(29)21-24-17(11-12-26(4,5)32-24)23-20(25(21)30-15(3)27)18(13-19(28)31-23)16-9-7-6-8-10-16/h6-14H,1-5H3. The van der Waals surface area contributed by atoms with Gasteiger partial charge in [0.1, 0.15) is 16.9 Å². The van der Waals surface area contributed by atoms with E-state index in [0.29, 0.717) is 16.5 Å². The summed E-state index contributed by atoms with van der Waals surface area (Å²) in [6.07, 6.45) is 3.62. The van der Waals surface area contributed by atoms with Crippen LogP contribution in [0.1, 0.15) is 50.5 Å². The number of carbonyl (C=O) groups is 2. The molecule has 0 amide bonds. The van der Waals surface area contributed by atoms with Crippen molar-refractivity contribution in [2.45, 2.75) is 40.2 Å². The van der Waals surface area contributed by atoms with Crippen LogP contribution in [0.3, 0.4) is 0 Å². The molecule has 32 heavy (non-hydrogen) atoms. The molecule has 1 aliphatic rings. The van der Waals surface area contributed by atoms with Gasteiger partial charge in [0.2, 0.25) is 0 Å². The molecule has 0 aliphatic carbocycles. The second-order valence-corrected chi connectivity index (χ2v) is 8.65. The minimum atomic E-state index is -0.711. The first-order valence-electron chi connectivity index (χ1n) is 10.4. The van der Waals surface area contributed by atoms with Crippen molar-refractivity contribution in [1.29, 1.82) is 0 Å². The highest BCUT2D eigenvalue weighted by Crippen LogP contribution is 2.48.